The van der Waals surface area contributed by atoms with Crippen LogP contribution >= 0.6 is 11.8 Å². The van der Waals surface area contributed by atoms with Crippen molar-refractivity contribution in [1.82, 2.24) is 4.98 Å². The van der Waals surface area contributed by atoms with Crippen molar-refractivity contribution < 1.29 is 4.74 Å². The maximum atomic E-state index is 9.26. The number of ether oxygens (including phenoxy) is 1. The molecule has 0 saturated carbocycles. The minimum atomic E-state index is 0.626. The summed E-state index contributed by atoms with van der Waals surface area (Å²) in [7, 11) is 1.65. The van der Waals surface area contributed by atoms with Gasteiger partial charge in [-0.15, -0.1) is 0 Å². The zero-order chi connectivity index (χ0) is 13.8. The van der Waals surface area contributed by atoms with Crippen molar-refractivity contribution in [2.75, 3.05) is 7.11 Å². The molecule has 4 heteroatoms. The highest BCUT2D eigenvalue weighted by molar-refractivity contribution is 7.99. The van der Waals surface area contributed by atoms with Crippen molar-refractivity contribution in [3.05, 3.63) is 47.3 Å². The fourth-order valence-corrected chi connectivity index (χ4v) is 2.99. The summed E-state index contributed by atoms with van der Waals surface area (Å²) in [6.07, 6.45) is 0. The van der Waals surface area contributed by atoms with E-state index >= 15 is 0 Å². The topological polar surface area (TPSA) is 45.9 Å². The van der Waals surface area contributed by atoms with Gasteiger partial charge in [0.1, 0.15) is 11.8 Å². The molecule has 0 atom stereocenters. The molecule has 0 saturated heterocycles. The van der Waals surface area contributed by atoms with Crippen LogP contribution in [0.4, 0.5) is 0 Å². The van der Waals surface area contributed by atoms with Crippen molar-refractivity contribution in [3.63, 3.8) is 0 Å². The van der Waals surface area contributed by atoms with Gasteiger partial charge < -0.3 is 4.74 Å². The second-order valence-corrected chi connectivity index (χ2v) is 5.17. The molecule has 1 heterocycles. The summed E-state index contributed by atoms with van der Waals surface area (Å²) in [5.41, 5.74) is 2.30. The van der Waals surface area contributed by atoms with E-state index in [1.807, 2.05) is 44.2 Å². The smallest absolute Gasteiger partial charge is 0.132 e. The Morgan fingerprint density at radius 2 is 1.95 bits per heavy atom. The van der Waals surface area contributed by atoms with Gasteiger partial charge in [-0.25, -0.2) is 0 Å². The Labute approximate surface area is 117 Å². The number of benzene rings is 1. The molecule has 1 aromatic heterocycles. The summed E-state index contributed by atoms with van der Waals surface area (Å²) in [5.74, 6) is 0.809. The molecule has 0 aliphatic rings. The number of nitriles is 1. The molecular formula is C15H14N2OS. The van der Waals surface area contributed by atoms with Crippen LogP contribution in [0.25, 0.3) is 0 Å². The predicted octanol–water partition coefficient (Wildman–Crippen LogP) is 3.73. The summed E-state index contributed by atoms with van der Waals surface area (Å²) in [6.45, 7) is 3.79. The minimum absolute atomic E-state index is 0.626. The lowest BCUT2D eigenvalue weighted by atomic mass is 10.2. The van der Waals surface area contributed by atoms with Gasteiger partial charge in [0.15, 0.2) is 0 Å². The molecule has 0 aliphatic carbocycles. The van der Waals surface area contributed by atoms with Gasteiger partial charge in [0, 0.05) is 10.6 Å². The highest BCUT2D eigenvalue weighted by Crippen LogP contribution is 2.36. The number of methoxy groups -OCH3 is 1. The fraction of sp³-hybridized carbons (Fsp3) is 0.200. The zero-order valence-corrected chi connectivity index (χ0v) is 11.9. The number of rotatable bonds is 3. The van der Waals surface area contributed by atoms with Crippen LogP contribution in [0.2, 0.25) is 0 Å². The maximum absolute atomic E-state index is 9.26. The Hall–Kier alpha value is -1.99. The number of aromatic nitrogens is 1. The molecule has 0 bridgehead atoms. The molecule has 2 rings (SSSR count). The number of para-hydroxylation sites is 1. The molecule has 0 aliphatic heterocycles. The van der Waals surface area contributed by atoms with Crippen LogP contribution in [0.15, 0.2) is 40.1 Å². The largest absolute Gasteiger partial charge is 0.496 e. The van der Waals surface area contributed by atoms with Crippen molar-refractivity contribution >= 4 is 11.8 Å². The monoisotopic (exact) mass is 270 g/mol. The number of hydrogen-bond acceptors (Lipinski definition) is 4. The van der Waals surface area contributed by atoms with Crippen molar-refractivity contribution in [1.29, 1.82) is 5.26 Å². The van der Waals surface area contributed by atoms with Crippen LogP contribution in [-0.2, 0) is 0 Å². The Morgan fingerprint density at radius 1 is 1.21 bits per heavy atom. The Kier molecular flexibility index (Phi) is 4.08. The lowest BCUT2D eigenvalue weighted by Crippen LogP contribution is -1.94. The van der Waals surface area contributed by atoms with E-state index in [0.29, 0.717) is 5.56 Å². The second-order valence-electron chi connectivity index (χ2n) is 4.09. The first-order valence-corrected chi connectivity index (χ1v) is 6.66. The quantitative estimate of drug-likeness (QED) is 0.852. The van der Waals surface area contributed by atoms with Gasteiger partial charge in [-0.2, -0.15) is 5.26 Å². The molecule has 0 N–H and O–H groups in total. The third-order valence-corrected chi connectivity index (χ3v) is 3.79. The van der Waals surface area contributed by atoms with Gasteiger partial charge in [-0.05, 0) is 32.0 Å². The van der Waals surface area contributed by atoms with E-state index in [-0.39, 0.29) is 0 Å². The van der Waals surface area contributed by atoms with E-state index in [0.717, 1.165) is 26.9 Å². The van der Waals surface area contributed by atoms with E-state index < -0.39 is 0 Å². The number of hydrogen-bond donors (Lipinski definition) is 0. The molecule has 0 radical (unpaired) electrons. The van der Waals surface area contributed by atoms with Crippen LogP contribution in [0.5, 0.6) is 5.75 Å². The van der Waals surface area contributed by atoms with E-state index in [9.17, 15) is 5.26 Å². The van der Waals surface area contributed by atoms with Crippen LogP contribution in [-0.4, -0.2) is 12.1 Å². The van der Waals surface area contributed by atoms with Gasteiger partial charge in [-0.3, -0.25) is 4.98 Å². The highest BCUT2D eigenvalue weighted by atomic mass is 32.2. The van der Waals surface area contributed by atoms with E-state index in [2.05, 4.69) is 11.1 Å². The number of aryl methyl sites for hydroxylation is 2. The van der Waals surface area contributed by atoms with Gasteiger partial charge in [0.25, 0.3) is 0 Å². The first kappa shape index (κ1) is 13.4. The number of pyridine rings is 1. The summed E-state index contributed by atoms with van der Waals surface area (Å²) in [6, 6.07) is 11.9. The van der Waals surface area contributed by atoms with Crippen LogP contribution in [0, 0.1) is 25.2 Å². The van der Waals surface area contributed by atoms with Crippen molar-refractivity contribution in [3.8, 4) is 11.8 Å². The standard InChI is InChI=1S/C15H14N2OS/c1-10-8-15(12(9-16)11(2)17-10)19-14-7-5-4-6-13(14)18-3/h4-8H,1-3H3. The van der Waals surface area contributed by atoms with E-state index in [1.165, 1.54) is 11.8 Å². The predicted molar refractivity (Wildman–Crippen MR) is 75.5 cm³/mol. The highest BCUT2D eigenvalue weighted by Gasteiger charge is 2.11. The van der Waals surface area contributed by atoms with E-state index in [1.54, 1.807) is 7.11 Å². The molecule has 0 fully saturated rings. The molecule has 0 unspecified atom stereocenters. The van der Waals surface area contributed by atoms with Gasteiger partial charge in [0.2, 0.25) is 0 Å². The third-order valence-electron chi connectivity index (χ3n) is 2.69. The van der Waals surface area contributed by atoms with Crippen molar-refractivity contribution in [2.45, 2.75) is 23.6 Å². The summed E-state index contributed by atoms with van der Waals surface area (Å²) >= 11 is 1.53. The minimum Gasteiger partial charge on any atom is -0.496 e. The van der Waals surface area contributed by atoms with Gasteiger partial charge in [0.05, 0.1) is 23.3 Å². The normalized spacial score (nSPS) is 10.0. The molecule has 3 nitrogen and oxygen atoms in total. The fourth-order valence-electron chi connectivity index (χ4n) is 1.83. The van der Waals surface area contributed by atoms with Crippen LogP contribution in [0.1, 0.15) is 17.0 Å². The Morgan fingerprint density at radius 3 is 2.63 bits per heavy atom. The first-order chi connectivity index (χ1) is 9.15. The SMILES string of the molecule is COc1ccccc1Sc1cc(C)nc(C)c1C#N. The molecule has 0 spiro atoms. The van der Waals surface area contributed by atoms with Gasteiger partial charge >= 0.3 is 0 Å². The molecular weight excluding hydrogens is 256 g/mol. The lowest BCUT2D eigenvalue weighted by Gasteiger charge is -2.10. The average Bonchev–Trinajstić information content (AvgIpc) is 2.39. The average molecular weight is 270 g/mol. The first-order valence-electron chi connectivity index (χ1n) is 5.85. The Balaban J connectivity index is 2.47. The summed E-state index contributed by atoms with van der Waals surface area (Å²) in [4.78, 5) is 6.23. The summed E-state index contributed by atoms with van der Waals surface area (Å²) in [5, 5.41) is 9.26. The lowest BCUT2D eigenvalue weighted by molar-refractivity contribution is 0.405. The third kappa shape index (κ3) is 2.88. The second kappa shape index (κ2) is 5.77. The van der Waals surface area contributed by atoms with Crippen LogP contribution in [0.3, 0.4) is 0 Å². The zero-order valence-electron chi connectivity index (χ0n) is 11.1. The molecule has 1 aromatic carbocycles. The van der Waals surface area contributed by atoms with Gasteiger partial charge in [-0.1, -0.05) is 23.9 Å². The maximum Gasteiger partial charge on any atom is 0.132 e. The number of nitrogens with zero attached hydrogens (tertiary/aromatic N) is 2. The van der Waals surface area contributed by atoms with Crippen molar-refractivity contribution in [2.24, 2.45) is 0 Å². The van der Waals surface area contributed by atoms with E-state index in [4.69, 9.17) is 4.74 Å². The molecule has 0 amide bonds. The molecule has 2 aromatic rings. The Bertz CT molecular complexity index is 647. The molecule has 19 heavy (non-hydrogen) atoms. The molecule has 96 valence electrons. The van der Waals surface area contributed by atoms with Crippen LogP contribution < -0.4 is 4.74 Å². The summed E-state index contributed by atoms with van der Waals surface area (Å²) < 4.78 is 5.33.